The van der Waals surface area contributed by atoms with Gasteiger partial charge in [-0.1, -0.05) is 0 Å². The minimum Gasteiger partial charge on any atom is -0.497 e. The molecule has 4 nitrogen and oxygen atoms in total. The van der Waals surface area contributed by atoms with Crippen LogP contribution in [0, 0.1) is 0 Å². The van der Waals surface area contributed by atoms with Gasteiger partial charge in [0.05, 0.1) is 13.2 Å². The summed E-state index contributed by atoms with van der Waals surface area (Å²) in [6.07, 6.45) is -0.339. The van der Waals surface area contributed by atoms with Gasteiger partial charge in [0, 0.05) is 30.9 Å². The quantitative estimate of drug-likeness (QED) is 0.829. The van der Waals surface area contributed by atoms with E-state index in [-0.39, 0.29) is 11.6 Å². The van der Waals surface area contributed by atoms with Crippen LogP contribution in [-0.4, -0.2) is 43.5 Å². The van der Waals surface area contributed by atoms with Gasteiger partial charge in [-0.05, 0) is 38.1 Å². The van der Waals surface area contributed by atoms with Crippen LogP contribution in [0.4, 0.5) is 5.69 Å². The molecule has 0 radical (unpaired) electrons. The highest BCUT2D eigenvalue weighted by Crippen LogP contribution is 2.22. The molecule has 2 N–H and O–H groups in total. The van der Waals surface area contributed by atoms with Gasteiger partial charge in [-0.15, -0.1) is 0 Å². The minimum atomic E-state index is -0.339. The number of benzene rings is 1. The molecule has 0 amide bonds. The fourth-order valence-electron chi connectivity index (χ4n) is 2.30. The van der Waals surface area contributed by atoms with Crippen molar-refractivity contribution in [3.05, 3.63) is 24.3 Å². The van der Waals surface area contributed by atoms with Crippen LogP contribution in [0.1, 0.15) is 13.8 Å². The molecule has 0 saturated carbocycles. The molecular formula is C14H22N2O2. The number of nitrogens with zero attached hydrogens (tertiary/aromatic N) is 1. The van der Waals surface area contributed by atoms with E-state index in [9.17, 15) is 5.11 Å². The first-order valence-corrected chi connectivity index (χ1v) is 6.32. The molecular weight excluding hydrogens is 228 g/mol. The minimum absolute atomic E-state index is 0.00257. The van der Waals surface area contributed by atoms with Gasteiger partial charge < -0.3 is 20.1 Å². The number of anilines is 1. The lowest BCUT2D eigenvalue weighted by atomic mass is 10.1. The maximum Gasteiger partial charge on any atom is 0.119 e. The molecule has 0 bridgehead atoms. The molecule has 0 spiro atoms. The van der Waals surface area contributed by atoms with Gasteiger partial charge >= 0.3 is 0 Å². The zero-order chi connectivity index (χ0) is 13.2. The molecule has 4 heteroatoms. The van der Waals surface area contributed by atoms with E-state index >= 15 is 0 Å². The molecule has 1 heterocycles. The van der Waals surface area contributed by atoms with Crippen molar-refractivity contribution in [2.75, 3.05) is 31.6 Å². The average Bonchev–Trinajstić information content (AvgIpc) is 2.48. The Morgan fingerprint density at radius 2 is 2.00 bits per heavy atom. The lowest BCUT2D eigenvalue weighted by molar-refractivity contribution is 0.179. The Labute approximate surface area is 109 Å². The topological polar surface area (TPSA) is 44.7 Å². The molecule has 1 aliphatic rings. The molecule has 1 aromatic carbocycles. The average molecular weight is 250 g/mol. The van der Waals surface area contributed by atoms with Crippen LogP contribution in [0.5, 0.6) is 5.75 Å². The SMILES string of the molecule is COc1ccc(N2CC(O)CNC(C)(C)C2)cc1. The molecule has 1 fully saturated rings. The lowest BCUT2D eigenvalue weighted by Gasteiger charge is -2.31. The van der Waals surface area contributed by atoms with Crippen LogP contribution in [0.25, 0.3) is 0 Å². The Kier molecular flexibility index (Phi) is 3.78. The Bertz CT molecular complexity index is 389. The smallest absolute Gasteiger partial charge is 0.119 e. The highest BCUT2D eigenvalue weighted by Gasteiger charge is 2.27. The largest absolute Gasteiger partial charge is 0.497 e. The van der Waals surface area contributed by atoms with Crippen molar-refractivity contribution in [3.8, 4) is 5.75 Å². The molecule has 1 saturated heterocycles. The number of hydrogen-bond acceptors (Lipinski definition) is 4. The summed E-state index contributed by atoms with van der Waals surface area (Å²) in [5.41, 5.74) is 1.11. The van der Waals surface area contributed by atoms with E-state index in [1.54, 1.807) is 7.11 Å². The maximum absolute atomic E-state index is 9.93. The second-order valence-electron chi connectivity index (χ2n) is 5.50. The monoisotopic (exact) mass is 250 g/mol. The number of aliphatic hydroxyl groups excluding tert-OH is 1. The third-order valence-electron chi connectivity index (χ3n) is 3.27. The first-order valence-electron chi connectivity index (χ1n) is 6.32. The van der Waals surface area contributed by atoms with Gasteiger partial charge in [-0.2, -0.15) is 0 Å². The van der Waals surface area contributed by atoms with Crippen molar-refractivity contribution in [2.45, 2.75) is 25.5 Å². The van der Waals surface area contributed by atoms with E-state index in [0.29, 0.717) is 13.1 Å². The molecule has 100 valence electrons. The number of β-amino-alcohol motifs (C(OH)–C–C–N with tert-alkyl or cyclic N) is 1. The highest BCUT2D eigenvalue weighted by atomic mass is 16.5. The van der Waals surface area contributed by atoms with Crippen molar-refractivity contribution in [1.29, 1.82) is 0 Å². The predicted octanol–water partition coefficient (Wildman–Crippen LogP) is 1.24. The van der Waals surface area contributed by atoms with Crippen LogP contribution in [-0.2, 0) is 0 Å². The molecule has 1 unspecified atom stereocenters. The Hall–Kier alpha value is -1.26. The highest BCUT2D eigenvalue weighted by molar-refractivity contribution is 5.49. The zero-order valence-electron chi connectivity index (χ0n) is 11.3. The van der Waals surface area contributed by atoms with Crippen molar-refractivity contribution in [1.82, 2.24) is 5.32 Å². The summed E-state index contributed by atoms with van der Waals surface area (Å²) in [5, 5.41) is 13.3. The van der Waals surface area contributed by atoms with Crippen LogP contribution in [0.15, 0.2) is 24.3 Å². The summed E-state index contributed by atoms with van der Waals surface area (Å²) in [4.78, 5) is 2.21. The molecule has 1 aliphatic heterocycles. The van der Waals surface area contributed by atoms with Gasteiger partial charge in [-0.25, -0.2) is 0 Å². The number of hydrogen-bond donors (Lipinski definition) is 2. The maximum atomic E-state index is 9.93. The summed E-state index contributed by atoms with van der Waals surface area (Å²) in [6.45, 7) is 6.47. The second-order valence-corrected chi connectivity index (χ2v) is 5.50. The number of aliphatic hydroxyl groups is 1. The van der Waals surface area contributed by atoms with E-state index in [4.69, 9.17) is 4.74 Å². The second kappa shape index (κ2) is 5.16. The fraction of sp³-hybridized carbons (Fsp3) is 0.571. The molecule has 2 rings (SSSR count). The summed E-state index contributed by atoms with van der Waals surface area (Å²) >= 11 is 0. The molecule has 1 atom stereocenters. The normalized spacial score (nSPS) is 23.6. The van der Waals surface area contributed by atoms with Crippen molar-refractivity contribution >= 4 is 5.69 Å². The number of ether oxygens (including phenoxy) is 1. The van der Waals surface area contributed by atoms with E-state index < -0.39 is 0 Å². The number of nitrogens with one attached hydrogen (secondary N) is 1. The van der Waals surface area contributed by atoms with Gasteiger partial charge in [-0.3, -0.25) is 0 Å². The number of methoxy groups -OCH3 is 1. The Morgan fingerprint density at radius 1 is 1.33 bits per heavy atom. The summed E-state index contributed by atoms with van der Waals surface area (Å²) in [6, 6.07) is 7.97. The number of rotatable bonds is 2. The summed E-state index contributed by atoms with van der Waals surface area (Å²) in [5.74, 6) is 0.853. The third-order valence-corrected chi connectivity index (χ3v) is 3.27. The Balaban J connectivity index is 2.18. The van der Waals surface area contributed by atoms with E-state index in [2.05, 4.69) is 24.1 Å². The standard InChI is InChI=1S/C14H22N2O2/c1-14(2)10-16(9-12(17)8-15-14)11-4-6-13(18-3)7-5-11/h4-7,12,15,17H,8-10H2,1-3H3. The van der Waals surface area contributed by atoms with E-state index in [0.717, 1.165) is 18.0 Å². The van der Waals surface area contributed by atoms with Crippen molar-refractivity contribution in [3.63, 3.8) is 0 Å². The molecule has 0 aliphatic carbocycles. The third kappa shape index (κ3) is 3.15. The predicted molar refractivity (Wildman–Crippen MR) is 73.3 cm³/mol. The summed E-state index contributed by atoms with van der Waals surface area (Å²) < 4.78 is 5.16. The fourth-order valence-corrected chi connectivity index (χ4v) is 2.30. The van der Waals surface area contributed by atoms with E-state index in [1.807, 2.05) is 24.3 Å². The van der Waals surface area contributed by atoms with Gasteiger partial charge in [0.15, 0.2) is 0 Å². The van der Waals surface area contributed by atoms with Crippen LogP contribution in [0.3, 0.4) is 0 Å². The van der Waals surface area contributed by atoms with Crippen LogP contribution in [0.2, 0.25) is 0 Å². The molecule has 18 heavy (non-hydrogen) atoms. The lowest BCUT2D eigenvalue weighted by Crippen LogP contribution is -2.46. The van der Waals surface area contributed by atoms with Crippen LogP contribution < -0.4 is 15.0 Å². The first-order chi connectivity index (χ1) is 8.50. The molecule has 0 aromatic heterocycles. The summed E-state index contributed by atoms with van der Waals surface area (Å²) in [7, 11) is 1.66. The van der Waals surface area contributed by atoms with E-state index in [1.165, 1.54) is 0 Å². The van der Waals surface area contributed by atoms with Crippen molar-refractivity contribution in [2.24, 2.45) is 0 Å². The van der Waals surface area contributed by atoms with Crippen LogP contribution >= 0.6 is 0 Å². The van der Waals surface area contributed by atoms with Crippen molar-refractivity contribution < 1.29 is 9.84 Å². The zero-order valence-corrected chi connectivity index (χ0v) is 11.3. The van der Waals surface area contributed by atoms with Gasteiger partial charge in [0.1, 0.15) is 5.75 Å². The first kappa shape index (κ1) is 13.2. The van der Waals surface area contributed by atoms with Gasteiger partial charge in [0.25, 0.3) is 0 Å². The van der Waals surface area contributed by atoms with Gasteiger partial charge in [0.2, 0.25) is 0 Å². The Morgan fingerprint density at radius 3 is 2.61 bits per heavy atom. The molecule has 1 aromatic rings.